The Labute approximate surface area is 113 Å². The van der Waals surface area contributed by atoms with Crippen molar-refractivity contribution >= 4 is 5.91 Å². The molecule has 7 nitrogen and oxygen atoms in total. The van der Waals surface area contributed by atoms with E-state index in [1.807, 2.05) is 0 Å². The van der Waals surface area contributed by atoms with E-state index < -0.39 is 0 Å². The van der Waals surface area contributed by atoms with Gasteiger partial charge in [-0.3, -0.25) is 4.79 Å². The number of aromatic amines is 1. The monoisotopic (exact) mass is 266 g/mol. The van der Waals surface area contributed by atoms with E-state index in [1.165, 1.54) is 6.20 Å². The molecule has 2 heterocycles. The normalized spacial score (nSPS) is 17.5. The lowest BCUT2D eigenvalue weighted by atomic mass is 10.3. The molecule has 1 aliphatic heterocycles. The Morgan fingerprint density at radius 3 is 2.74 bits per heavy atom. The summed E-state index contributed by atoms with van der Waals surface area (Å²) < 4.78 is 0. The van der Waals surface area contributed by atoms with Gasteiger partial charge in [-0.05, 0) is 19.5 Å². The van der Waals surface area contributed by atoms with Crippen LogP contribution in [0.1, 0.15) is 23.8 Å². The highest BCUT2D eigenvalue weighted by molar-refractivity contribution is 5.91. The summed E-state index contributed by atoms with van der Waals surface area (Å²) in [6, 6.07) is 0. The minimum atomic E-state index is -0.162. The standard InChI is InChI=1S/C12H22N6O/c1-2-17-6-8-18(9-7-17)5-3-4-13-12(19)11-10-14-16-15-11/h10H,2-9H2,1H3,(H,13,19)(H,14,15,16). The molecule has 1 aliphatic rings. The third-order valence-electron chi connectivity index (χ3n) is 3.50. The van der Waals surface area contributed by atoms with Crippen LogP contribution in [0, 0.1) is 0 Å². The molecule has 1 aromatic heterocycles. The van der Waals surface area contributed by atoms with Gasteiger partial charge in [-0.15, -0.1) is 0 Å². The van der Waals surface area contributed by atoms with E-state index in [0.29, 0.717) is 12.2 Å². The molecule has 0 atom stereocenters. The van der Waals surface area contributed by atoms with E-state index in [0.717, 1.165) is 45.7 Å². The van der Waals surface area contributed by atoms with Crippen molar-refractivity contribution in [2.75, 3.05) is 45.8 Å². The van der Waals surface area contributed by atoms with Gasteiger partial charge in [-0.25, -0.2) is 0 Å². The summed E-state index contributed by atoms with van der Waals surface area (Å²) in [6.45, 7) is 9.63. The summed E-state index contributed by atoms with van der Waals surface area (Å²) in [5.41, 5.74) is 0.344. The van der Waals surface area contributed by atoms with Gasteiger partial charge in [-0.2, -0.15) is 15.4 Å². The first-order valence-corrected chi connectivity index (χ1v) is 6.88. The van der Waals surface area contributed by atoms with Crippen LogP contribution in [0.2, 0.25) is 0 Å². The lowest BCUT2D eigenvalue weighted by Gasteiger charge is -2.33. The smallest absolute Gasteiger partial charge is 0.273 e. The molecule has 1 aromatic rings. The molecule has 2 N–H and O–H groups in total. The molecule has 0 saturated carbocycles. The molecule has 0 bridgehead atoms. The molecule has 19 heavy (non-hydrogen) atoms. The highest BCUT2D eigenvalue weighted by Crippen LogP contribution is 2.01. The Morgan fingerprint density at radius 2 is 2.11 bits per heavy atom. The zero-order chi connectivity index (χ0) is 13.5. The maximum Gasteiger partial charge on any atom is 0.273 e. The number of piperazine rings is 1. The highest BCUT2D eigenvalue weighted by atomic mass is 16.1. The number of amides is 1. The van der Waals surface area contributed by atoms with E-state index in [4.69, 9.17) is 0 Å². The van der Waals surface area contributed by atoms with Crippen molar-refractivity contribution < 1.29 is 4.79 Å². The highest BCUT2D eigenvalue weighted by Gasteiger charge is 2.14. The van der Waals surface area contributed by atoms with Gasteiger partial charge in [-0.1, -0.05) is 6.92 Å². The van der Waals surface area contributed by atoms with Gasteiger partial charge in [0.05, 0.1) is 6.20 Å². The van der Waals surface area contributed by atoms with Crippen LogP contribution in [0.15, 0.2) is 6.20 Å². The third-order valence-corrected chi connectivity index (χ3v) is 3.50. The Hall–Kier alpha value is -1.47. The number of nitrogens with one attached hydrogen (secondary N) is 2. The van der Waals surface area contributed by atoms with E-state index >= 15 is 0 Å². The zero-order valence-corrected chi connectivity index (χ0v) is 11.4. The van der Waals surface area contributed by atoms with Crippen LogP contribution in [0.4, 0.5) is 0 Å². The fourth-order valence-electron chi connectivity index (χ4n) is 2.24. The molecular formula is C12H22N6O. The van der Waals surface area contributed by atoms with Crippen molar-refractivity contribution in [3.63, 3.8) is 0 Å². The van der Waals surface area contributed by atoms with Gasteiger partial charge in [0.1, 0.15) is 0 Å². The minimum absolute atomic E-state index is 0.162. The van der Waals surface area contributed by atoms with Crippen LogP contribution >= 0.6 is 0 Å². The van der Waals surface area contributed by atoms with E-state index in [1.54, 1.807) is 0 Å². The Balaban J connectivity index is 1.56. The maximum atomic E-state index is 11.6. The molecule has 0 aromatic carbocycles. The Morgan fingerprint density at radius 1 is 1.37 bits per heavy atom. The molecule has 0 unspecified atom stereocenters. The van der Waals surface area contributed by atoms with Crippen molar-refractivity contribution in [2.24, 2.45) is 0 Å². The number of H-pyrrole nitrogens is 1. The van der Waals surface area contributed by atoms with Gasteiger partial charge >= 0.3 is 0 Å². The predicted molar refractivity (Wildman–Crippen MR) is 71.9 cm³/mol. The minimum Gasteiger partial charge on any atom is -0.351 e. The second-order valence-corrected chi connectivity index (χ2v) is 4.74. The number of carbonyl (C=O) groups excluding carboxylic acids is 1. The molecule has 2 rings (SSSR count). The number of likely N-dealkylation sites (N-methyl/N-ethyl adjacent to an activating group) is 1. The lowest BCUT2D eigenvalue weighted by molar-refractivity contribution is 0.0943. The predicted octanol–water partition coefficient (Wildman–Crippen LogP) is -0.438. The molecule has 0 spiro atoms. The molecule has 1 fully saturated rings. The van der Waals surface area contributed by atoms with Crippen molar-refractivity contribution in [3.05, 3.63) is 11.9 Å². The van der Waals surface area contributed by atoms with Crippen LogP contribution in [0.3, 0.4) is 0 Å². The van der Waals surface area contributed by atoms with Crippen LogP contribution in [0.25, 0.3) is 0 Å². The van der Waals surface area contributed by atoms with Gasteiger partial charge in [0, 0.05) is 32.7 Å². The first-order valence-electron chi connectivity index (χ1n) is 6.88. The fourth-order valence-corrected chi connectivity index (χ4v) is 2.24. The first-order chi connectivity index (χ1) is 9.29. The van der Waals surface area contributed by atoms with Crippen molar-refractivity contribution in [1.82, 2.24) is 30.5 Å². The van der Waals surface area contributed by atoms with E-state index in [2.05, 4.69) is 37.5 Å². The summed E-state index contributed by atoms with van der Waals surface area (Å²) in [5.74, 6) is -0.162. The second-order valence-electron chi connectivity index (χ2n) is 4.74. The van der Waals surface area contributed by atoms with Crippen LogP contribution < -0.4 is 5.32 Å². The molecule has 0 aliphatic carbocycles. The maximum absolute atomic E-state index is 11.6. The van der Waals surface area contributed by atoms with Gasteiger partial charge < -0.3 is 15.1 Å². The average molecular weight is 266 g/mol. The number of hydrogen-bond acceptors (Lipinski definition) is 5. The quantitative estimate of drug-likeness (QED) is 0.683. The summed E-state index contributed by atoms with van der Waals surface area (Å²) in [6.07, 6.45) is 2.40. The van der Waals surface area contributed by atoms with Gasteiger partial charge in [0.15, 0.2) is 5.69 Å². The van der Waals surface area contributed by atoms with E-state index in [-0.39, 0.29) is 5.91 Å². The molecule has 1 amide bonds. The zero-order valence-electron chi connectivity index (χ0n) is 11.4. The summed E-state index contributed by atoms with van der Waals surface area (Å²) >= 11 is 0. The number of rotatable bonds is 6. The average Bonchev–Trinajstić information content (AvgIpc) is 2.98. The number of hydrogen-bond donors (Lipinski definition) is 2. The molecule has 0 radical (unpaired) electrons. The SMILES string of the molecule is CCN1CCN(CCCNC(=O)c2cn[nH]n2)CC1. The van der Waals surface area contributed by atoms with Crippen LogP contribution in [-0.2, 0) is 0 Å². The van der Waals surface area contributed by atoms with Crippen LogP contribution in [-0.4, -0.2) is 76.9 Å². The Bertz CT molecular complexity index is 372. The molecule has 1 saturated heterocycles. The summed E-state index contributed by atoms with van der Waals surface area (Å²) in [4.78, 5) is 16.5. The molecule has 7 heteroatoms. The fraction of sp³-hybridized carbons (Fsp3) is 0.750. The third kappa shape index (κ3) is 4.29. The number of nitrogens with zero attached hydrogens (tertiary/aromatic N) is 4. The van der Waals surface area contributed by atoms with Crippen LogP contribution in [0.5, 0.6) is 0 Å². The molecule has 106 valence electrons. The van der Waals surface area contributed by atoms with E-state index in [9.17, 15) is 4.79 Å². The topological polar surface area (TPSA) is 77.1 Å². The van der Waals surface area contributed by atoms with Crippen molar-refractivity contribution in [3.8, 4) is 0 Å². The van der Waals surface area contributed by atoms with Gasteiger partial charge in [0.25, 0.3) is 5.91 Å². The first kappa shape index (κ1) is 14.0. The largest absolute Gasteiger partial charge is 0.351 e. The lowest BCUT2D eigenvalue weighted by Crippen LogP contribution is -2.46. The molecular weight excluding hydrogens is 244 g/mol. The Kier molecular flexibility index (Phi) is 5.29. The van der Waals surface area contributed by atoms with Gasteiger partial charge in [0.2, 0.25) is 0 Å². The summed E-state index contributed by atoms with van der Waals surface area (Å²) in [7, 11) is 0. The van der Waals surface area contributed by atoms with Crippen molar-refractivity contribution in [2.45, 2.75) is 13.3 Å². The second kappa shape index (κ2) is 7.20. The van der Waals surface area contributed by atoms with Crippen molar-refractivity contribution in [1.29, 1.82) is 0 Å². The number of carbonyl (C=O) groups is 1. The summed E-state index contributed by atoms with van der Waals surface area (Å²) in [5, 5.41) is 12.6. The number of aromatic nitrogens is 3.